The van der Waals surface area contributed by atoms with E-state index in [9.17, 15) is 18.0 Å². The van der Waals surface area contributed by atoms with Gasteiger partial charge in [-0.2, -0.15) is 13.2 Å². The van der Waals surface area contributed by atoms with Crippen LogP contribution in [0.5, 0.6) is 0 Å². The van der Waals surface area contributed by atoms with Crippen LogP contribution in [0.25, 0.3) is 0 Å². The largest absolute Gasteiger partial charge is 0.406 e. The Balaban J connectivity index is 5.34. The van der Waals surface area contributed by atoms with Crippen LogP contribution < -0.4 is 0 Å². The third kappa shape index (κ3) is 5.06. The molecule has 0 radical (unpaired) electrons. The molecule has 98 valence electrons. The van der Waals surface area contributed by atoms with Gasteiger partial charge in [0.25, 0.3) is 0 Å². The number of hydrogen-bond acceptors (Lipinski definition) is 2. The molecular weight excluding hydrogens is 231 g/mol. The molecule has 0 N–H and O–H groups in total. The molecule has 0 saturated carbocycles. The normalized spacial score (nSPS) is 14.4. The molecule has 0 amide bonds. The lowest BCUT2D eigenvalue weighted by Gasteiger charge is -2.28. The first-order valence-electron chi connectivity index (χ1n) is 5.39. The lowest BCUT2D eigenvalue weighted by Crippen LogP contribution is -2.32. The molecule has 2 nitrogen and oxygen atoms in total. The standard InChI is InChI=1S/C12H18F3NO/c1-5-9(3)16(8-12(13,14)15)10(4)11(6-2)7-17/h5,7H,6,8H2,1-4H3/b9-5+,11-10+. The molecular formula is C12H18F3NO. The maximum Gasteiger partial charge on any atom is 0.406 e. The van der Waals surface area contributed by atoms with Crippen LogP contribution in [0, 0.1) is 0 Å². The van der Waals surface area contributed by atoms with Crippen LogP contribution in [0.4, 0.5) is 13.2 Å². The van der Waals surface area contributed by atoms with Crippen LogP contribution >= 0.6 is 0 Å². The summed E-state index contributed by atoms with van der Waals surface area (Å²) in [5.41, 5.74) is 1.22. The quantitative estimate of drug-likeness (QED) is 0.547. The molecule has 0 atom stereocenters. The first-order valence-corrected chi connectivity index (χ1v) is 5.39. The fraction of sp³-hybridized carbons (Fsp3) is 0.583. The van der Waals surface area contributed by atoms with E-state index in [1.807, 2.05) is 0 Å². The molecule has 0 fully saturated rings. The number of alkyl halides is 3. The Kier molecular flexibility index (Phi) is 5.99. The second-order valence-corrected chi connectivity index (χ2v) is 3.71. The van der Waals surface area contributed by atoms with Gasteiger partial charge in [-0.05, 0) is 27.2 Å². The monoisotopic (exact) mass is 249 g/mol. The van der Waals surface area contributed by atoms with Gasteiger partial charge in [0, 0.05) is 17.0 Å². The van der Waals surface area contributed by atoms with Gasteiger partial charge < -0.3 is 4.90 Å². The van der Waals surface area contributed by atoms with Gasteiger partial charge in [-0.3, -0.25) is 4.79 Å². The van der Waals surface area contributed by atoms with Crippen LogP contribution in [0.3, 0.4) is 0 Å². The van der Waals surface area contributed by atoms with Crippen molar-refractivity contribution in [2.24, 2.45) is 0 Å². The number of carbonyl (C=O) groups excluding carboxylic acids is 1. The molecule has 0 saturated heterocycles. The highest BCUT2D eigenvalue weighted by molar-refractivity contribution is 5.74. The number of hydrogen-bond donors (Lipinski definition) is 0. The second kappa shape index (κ2) is 6.47. The van der Waals surface area contributed by atoms with E-state index >= 15 is 0 Å². The molecule has 0 bridgehead atoms. The van der Waals surface area contributed by atoms with Crippen LogP contribution in [0.2, 0.25) is 0 Å². The molecule has 0 aliphatic rings. The van der Waals surface area contributed by atoms with Gasteiger partial charge in [-0.15, -0.1) is 0 Å². The fourth-order valence-electron chi connectivity index (χ4n) is 1.44. The van der Waals surface area contributed by atoms with Gasteiger partial charge in [0.1, 0.15) is 12.8 Å². The van der Waals surface area contributed by atoms with E-state index in [1.54, 1.807) is 26.8 Å². The zero-order valence-electron chi connectivity index (χ0n) is 10.6. The zero-order chi connectivity index (χ0) is 13.6. The molecule has 0 spiro atoms. The molecule has 0 unspecified atom stereocenters. The van der Waals surface area contributed by atoms with Crippen molar-refractivity contribution < 1.29 is 18.0 Å². The van der Waals surface area contributed by atoms with Gasteiger partial charge in [-0.1, -0.05) is 13.0 Å². The number of allylic oxidation sites excluding steroid dienone is 4. The minimum absolute atomic E-state index is 0.357. The zero-order valence-corrected chi connectivity index (χ0v) is 10.6. The van der Waals surface area contributed by atoms with Crippen molar-refractivity contribution in [3.8, 4) is 0 Å². The predicted octanol–water partition coefficient (Wildman–Crippen LogP) is 3.66. The average Bonchev–Trinajstić information content (AvgIpc) is 2.25. The summed E-state index contributed by atoms with van der Waals surface area (Å²) in [5, 5.41) is 0. The van der Waals surface area contributed by atoms with E-state index < -0.39 is 12.7 Å². The Labute approximate surface area is 99.8 Å². The number of nitrogens with zero attached hydrogens (tertiary/aromatic N) is 1. The first kappa shape index (κ1) is 15.7. The van der Waals surface area contributed by atoms with E-state index in [2.05, 4.69) is 0 Å². The van der Waals surface area contributed by atoms with E-state index in [0.717, 1.165) is 4.90 Å². The van der Waals surface area contributed by atoms with Gasteiger partial charge in [0.05, 0.1) is 0 Å². The van der Waals surface area contributed by atoms with Crippen LogP contribution in [-0.2, 0) is 4.79 Å². The molecule has 0 heterocycles. The van der Waals surface area contributed by atoms with Crippen molar-refractivity contribution in [1.29, 1.82) is 0 Å². The second-order valence-electron chi connectivity index (χ2n) is 3.71. The molecule has 0 rings (SSSR count). The van der Waals surface area contributed by atoms with Crippen molar-refractivity contribution >= 4 is 6.29 Å². The SMILES string of the molecule is C/C=C(\C)N(CC(F)(F)F)/C(C)=C(/C=O)CC. The molecule has 17 heavy (non-hydrogen) atoms. The van der Waals surface area contributed by atoms with Crippen molar-refractivity contribution in [2.45, 2.75) is 40.3 Å². The summed E-state index contributed by atoms with van der Waals surface area (Å²) in [6.07, 6.45) is -1.68. The maximum atomic E-state index is 12.5. The third-order valence-corrected chi connectivity index (χ3v) is 2.57. The van der Waals surface area contributed by atoms with Gasteiger partial charge in [0.2, 0.25) is 0 Å². The Bertz CT molecular complexity index is 329. The smallest absolute Gasteiger partial charge is 0.340 e. The number of halogens is 3. The first-order chi connectivity index (χ1) is 7.76. The summed E-state index contributed by atoms with van der Waals surface area (Å²) >= 11 is 0. The average molecular weight is 249 g/mol. The predicted molar refractivity (Wildman–Crippen MR) is 61.2 cm³/mol. The van der Waals surface area contributed by atoms with Crippen molar-refractivity contribution in [1.82, 2.24) is 4.90 Å². The van der Waals surface area contributed by atoms with Gasteiger partial charge >= 0.3 is 6.18 Å². The summed E-state index contributed by atoms with van der Waals surface area (Å²) in [6, 6.07) is 0. The Hall–Kier alpha value is -1.26. The fourth-order valence-corrected chi connectivity index (χ4v) is 1.44. The van der Waals surface area contributed by atoms with E-state index in [4.69, 9.17) is 0 Å². The summed E-state index contributed by atoms with van der Waals surface area (Å²) in [6.45, 7) is 5.45. The number of carbonyl (C=O) groups is 1. The van der Waals surface area contributed by atoms with Gasteiger partial charge in [-0.25, -0.2) is 0 Å². The maximum absolute atomic E-state index is 12.5. The van der Waals surface area contributed by atoms with Crippen LogP contribution in [-0.4, -0.2) is 23.9 Å². The molecule has 0 aromatic carbocycles. The molecule has 0 aliphatic heterocycles. The van der Waals surface area contributed by atoms with Crippen molar-refractivity contribution in [3.63, 3.8) is 0 Å². The Morgan fingerprint density at radius 3 is 2.12 bits per heavy atom. The van der Waals surface area contributed by atoms with E-state index in [1.165, 1.54) is 6.92 Å². The van der Waals surface area contributed by atoms with Crippen molar-refractivity contribution in [2.75, 3.05) is 6.54 Å². The molecule has 5 heteroatoms. The van der Waals surface area contributed by atoms with E-state index in [0.29, 0.717) is 29.7 Å². The highest BCUT2D eigenvalue weighted by atomic mass is 19.4. The minimum Gasteiger partial charge on any atom is -0.340 e. The van der Waals surface area contributed by atoms with Gasteiger partial charge in [0.15, 0.2) is 0 Å². The number of rotatable bonds is 5. The topological polar surface area (TPSA) is 20.3 Å². The summed E-state index contributed by atoms with van der Waals surface area (Å²) in [7, 11) is 0. The lowest BCUT2D eigenvalue weighted by atomic mass is 10.1. The lowest BCUT2D eigenvalue weighted by molar-refractivity contribution is -0.138. The molecule has 0 aromatic rings. The Morgan fingerprint density at radius 2 is 1.82 bits per heavy atom. The summed E-state index contributed by atoms with van der Waals surface area (Å²) in [4.78, 5) is 11.9. The minimum atomic E-state index is -4.30. The highest BCUT2D eigenvalue weighted by Crippen LogP contribution is 2.24. The van der Waals surface area contributed by atoms with Crippen LogP contribution in [0.1, 0.15) is 34.1 Å². The number of aldehydes is 1. The van der Waals surface area contributed by atoms with Crippen molar-refractivity contribution in [3.05, 3.63) is 23.0 Å². The Morgan fingerprint density at radius 1 is 1.29 bits per heavy atom. The molecule has 0 aromatic heterocycles. The third-order valence-electron chi connectivity index (χ3n) is 2.57. The molecule has 0 aliphatic carbocycles. The van der Waals surface area contributed by atoms with Crippen LogP contribution in [0.15, 0.2) is 23.0 Å². The highest BCUT2D eigenvalue weighted by Gasteiger charge is 2.31. The van der Waals surface area contributed by atoms with E-state index in [-0.39, 0.29) is 0 Å². The summed E-state index contributed by atoms with van der Waals surface area (Å²) < 4.78 is 37.4. The summed E-state index contributed by atoms with van der Waals surface area (Å²) in [5.74, 6) is 0.